The van der Waals surface area contributed by atoms with Gasteiger partial charge in [-0.05, 0) is 48.4 Å². The van der Waals surface area contributed by atoms with Crippen LogP contribution in [-0.2, 0) is 11.8 Å². The molecule has 3 heteroatoms. The van der Waals surface area contributed by atoms with Gasteiger partial charge in [0, 0.05) is 48.1 Å². The third-order valence-corrected chi connectivity index (χ3v) is 6.99. The third-order valence-electron chi connectivity index (χ3n) is 6.99. The van der Waals surface area contributed by atoms with Crippen molar-refractivity contribution in [2.45, 2.75) is 50.6 Å². The highest BCUT2D eigenvalue weighted by Gasteiger charge is 2.44. The van der Waals surface area contributed by atoms with Crippen LogP contribution in [0.15, 0.2) is 54.6 Å². The molecule has 0 aliphatic carbocycles. The fourth-order valence-corrected chi connectivity index (χ4v) is 5.55. The number of hydrogen-bond donors (Lipinski definition) is 1. The van der Waals surface area contributed by atoms with E-state index in [0.29, 0.717) is 30.2 Å². The summed E-state index contributed by atoms with van der Waals surface area (Å²) in [6, 6.07) is 20.7. The number of benzene rings is 2. The Bertz CT molecular complexity index is 1020. The zero-order valence-electron chi connectivity index (χ0n) is 16.7. The number of piperidine rings is 1. The van der Waals surface area contributed by atoms with Crippen molar-refractivity contribution in [1.29, 1.82) is 0 Å². The summed E-state index contributed by atoms with van der Waals surface area (Å²) >= 11 is 0. The van der Waals surface area contributed by atoms with E-state index in [9.17, 15) is 4.79 Å². The molecule has 2 aliphatic heterocycles. The number of carbonyl (C=O) groups is 1. The van der Waals surface area contributed by atoms with Crippen molar-refractivity contribution in [3.8, 4) is 11.3 Å². The molecule has 144 valence electrons. The van der Waals surface area contributed by atoms with Crippen LogP contribution in [0.1, 0.15) is 44.1 Å². The zero-order chi connectivity index (χ0) is 19.3. The number of aromatic nitrogens is 1. The highest BCUT2D eigenvalue weighted by molar-refractivity contribution is 5.87. The molecule has 28 heavy (non-hydrogen) atoms. The normalized spacial score (nSPS) is 26.6. The van der Waals surface area contributed by atoms with Gasteiger partial charge in [-0.1, -0.05) is 49.4 Å². The van der Waals surface area contributed by atoms with Crippen LogP contribution in [0, 0.1) is 5.92 Å². The lowest BCUT2D eigenvalue weighted by Crippen LogP contribution is -2.47. The van der Waals surface area contributed by atoms with Crippen molar-refractivity contribution in [1.82, 2.24) is 9.88 Å². The lowest BCUT2D eigenvalue weighted by molar-refractivity contribution is -0.124. The number of nitrogens with one attached hydrogen (secondary N) is 1. The Morgan fingerprint density at radius 3 is 2.64 bits per heavy atom. The van der Waals surface area contributed by atoms with Gasteiger partial charge in [0.1, 0.15) is 5.78 Å². The van der Waals surface area contributed by atoms with E-state index in [1.807, 2.05) is 6.92 Å². The first kappa shape index (κ1) is 17.7. The Kier molecular flexibility index (Phi) is 4.36. The van der Waals surface area contributed by atoms with Gasteiger partial charge in [-0.25, -0.2) is 0 Å². The second-order valence-electron chi connectivity index (χ2n) is 8.50. The fourth-order valence-electron chi connectivity index (χ4n) is 5.55. The van der Waals surface area contributed by atoms with Crippen molar-refractivity contribution in [2.24, 2.45) is 13.0 Å². The van der Waals surface area contributed by atoms with Crippen molar-refractivity contribution in [3.63, 3.8) is 0 Å². The maximum Gasteiger partial charge on any atom is 0.137 e. The van der Waals surface area contributed by atoms with Crippen molar-refractivity contribution >= 4 is 16.7 Å². The molecule has 2 aliphatic rings. The first-order valence-corrected chi connectivity index (χ1v) is 10.6. The summed E-state index contributed by atoms with van der Waals surface area (Å²) in [6.07, 6.45) is 4.08. The molecule has 3 aromatic rings. The molecule has 2 fully saturated rings. The summed E-state index contributed by atoms with van der Waals surface area (Å²) in [5, 5.41) is 4.96. The number of fused-ring (bicyclic) bond motifs is 3. The Labute approximate surface area is 166 Å². The maximum atomic E-state index is 12.7. The Balaban J connectivity index is 1.48. The van der Waals surface area contributed by atoms with Crippen LogP contribution >= 0.6 is 0 Å². The number of Topliss-reactive ketones (excluding diaryl/α,β-unsaturated/α-hetero) is 1. The molecule has 1 aromatic heterocycles. The number of aryl methyl sites for hydroxylation is 1. The Morgan fingerprint density at radius 2 is 1.89 bits per heavy atom. The van der Waals surface area contributed by atoms with E-state index in [0.717, 1.165) is 12.8 Å². The van der Waals surface area contributed by atoms with Crippen LogP contribution in [-0.4, -0.2) is 22.4 Å². The minimum absolute atomic E-state index is 0.132. The van der Waals surface area contributed by atoms with Crippen molar-refractivity contribution in [3.05, 3.63) is 60.2 Å². The van der Waals surface area contributed by atoms with E-state index in [-0.39, 0.29) is 5.92 Å². The van der Waals surface area contributed by atoms with Crippen LogP contribution in [0.4, 0.5) is 0 Å². The molecule has 3 nitrogen and oxygen atoms in total. The van der Waals surface area contributed by atoms with Crippen molar-refractivity contribution in [2.75, 3.05) is 0 Å². The van der Waals surface area contributed by atoms with Gasteiger partial charge in [0.2, 0.25) is 0 Å². The van der Waals surface area contributed by atoms with Gasteiger partial charge in [0.15, 0.2) is 0 Å². The topological polar surface area (TPSA) is 34.0 Å². The zero-order valence-corrected chi connectivity index (χ0v) is 16.7. The van der Waals surface area contributed by atoms with Crippen molar-refractivity contribution < 1.29 is 4.79 Å². The van der Waals surface area contributed by atoms with Gasteiger partial charge in [-0.15, -0.1) is 0 Å². The average molecular weight is 373 g/mol. The average Bonchev–Trinajstić information content (AvgIpc) is 3.28. The fraction of sp³-hybridized carbons (Fsp3) is 0.400. The predicted molar refractivity (Wildman–Crippen MR) is 114 cm³/mol. The van der Waals surface area contributed by atoms with Gasteiger partial charge in [-0.2, -0.15) is 0 Å². The van der Waals surface area contributed by atoms with Gasteiger partial charge in [0.25, 0.3) is 0 Å². The molecule has 5 rings (SSSR count). The molecular weight excluding hydrogens is 344 g/mol. The summed E-state index contributed by atoms with van der Waals surface area (Å²) < 4.78 is 2.26. The first-order valence-electron chi connectivity index (χ1n) is 10.6. The maximum absolute atomic E-state index is 12.7. The molecule has 0 unspecified atom stereocenters. The van der Waals surface area contributed by atoms with Gasteiger partial charge >= 0.3 is 0 Å². The highest BCUT2D eigenvalue weighted by Crippen LogP contribution is 2.43. The predicted octanol–water partition coefficient (Wildman–Crippen LogP) is 5.05. The summed E-state index contributed by atoms with van der Waals surface area (Å²) in [5.74, 6) is 0.903. The Hall–Kier alpha value is -2.39. The number of hydrogen-bond acceptors (Lipinski definition) is 2. The molecule has 0 radical (unpaired) electrons. The standard InChI is InChI=1S/C25H28N2O/c1-3-24(28)25-20(15-19-12-13-21(25)26-19)16-8-10-17(11-9-16)23-14-18-6-4-5-7-22(18)27(23)2/h4-11,14,19-21,25-26H,3,12-13,15H2,1-2H3/t19-,20+,21+,25-/m0/s1. The second-order valence-corrected chi connectivity index (χ2v) is 8.50. The van der Waals surface area contributed by atoms with E-state index in [1.165, 1.54) is 34.1 Å². The third kappa shape index (κ3) is 2.80. The highest BCUT2D eigenvalue weighted by atomic mass is 16.1. The molecule has 2 saturated heterocycles. The molecule has 4 atom stereocenters. The summed E-state index contributed by atoms with van der Waals surface area (Å²) in [4.78, 5) is 12.7. The van der Waals surface area contributed by atoms with Crippen LogP contribution in [0.2, 0.25) is 0 Å². The molecule has 0 spiro atoms. The number of para-hydroxylation sites is 1. The SMILES string of the molecule is CCC(=O)[C@H]1[C@@H](c2ccc(-c3cc4ccccc4n3C)cc2)C[C@@H]2CC[C@H]1N2. The smallest absolute Gasteiger partial charge is 0.137 e. The number of ketones is 1. The lowest BCUT2D eigenvalue weighted by atomic mass is 9.74. The number of carbonyl (C=O) groups excluding carboxylic acids is 1. The van der Waals surface area contributed by atoms with Crippen LogP contribution in [0.5, 0.6) is 0 Å². The number of nitrogens with zero attached hydrogens (tertiary/aromatic N) is 1. The van der Waals surface area contributed by atoms with Crippen LogP contribution in [0.3, 0.4) is 0 Å². The van der Waals surface area contributed by atoms with E-state index in [2.05, 4.69) is 71.5 Å². The van der Waals surface area contributed by atoms with Gasteiger partial charge in [0.05, 0.1) is 0 Å². The Morgan fingerprint density at radius 1 is 1.11 bits per heavy atom. The summed E-state index contributed by atoms with van der Waals surface area (Å²) in [6.45, 7) is 2.00. The quantitative estimate of drug-likeness (QED) is 0.695. The number of rotatable bonds is 4. The van der Waals surface area contributed by atoms with E-state index < -0.39 is 0 Å². The summed E-state index contributed by atoms with van der Waals surface area (Å²) in [5.41, 5.74) is 5.05. The van der Waals surface area contributed by atoms with Crippen LogP contribution in [0.25, 0.3) is 22.2 Å². The second kappa shape index (κ2) is 6.89. The molecule has 2 aromatic carbocycles. The van der Waals surface area contributed by atoms with Crippen LogP contribution < -0.4 is 5.32 Å². The first-order chi connectivity index (χ1) is 13.7. The van der Waals surface area contributed by atoms with Gasteiger partial charge < -0.3 is 9.88 Å². The molecule has 2 bridgehead atoms. The lowest BCUT2D eigenvalue weighted by Gasteiger charge is -2.37. The largest absolute Gasteiger partial charge is 0.344 e. The minimum Gasteiger partial charge on any atom is -0.344 e. The molecule has 0 amide bonds. The van der Waals surface area contributed by atoms with Gasteiger partial charge in [-0.3, -0.25) is 4.79 Å². The molecule has 0 saturated carbocycles. The van der Waals surface area contributed by atoms with E-state index in [1.54, 1.807) is 0 Å². The molecular formula is C25H28N2O. The van der Waals surface area contributed by atoms with E-state index >= 15 is 0 Å². The molecule has 1 N–H and O–H groups in total. The minimum atomic E-state index is 0.132. The summed E-state index contributed by atoms with van der Waals surface area (Å²) in [7, 11) is 2.13. The van der Waals surface area contributed by atoms with E-state index in [4.69, 9.17) is 0 Å². The molecule has 3 heterocycles. The monoisotopic (exact) mass is 372 g/mol.